The van der Waals surface area contributed by atoms with Gasteiger partial charge in [0.15, 0.2) is 0 Å². The van der Waals surface area contributed by atoms with Crippen molar-refractivity contribution in [3.8, 4) is 5.69 Å². The third-order valence-corrected chi connectivity index (χ3v) is 2.71. The van der Waals surface area contributed by atoms with E-state index in [0.29, 0.717) is 11.8 Å². The zero-order valence-corrected chi connectivity index (χ0v) is 9.85. The van der Waals surface area contributed by atoms with Gasteiger partial charge in [0, 0.05) is 28.0 Å². The second kappa shape index (κ2) is 4.45. The van der Waals surface area contributed by atoms with E-state index in [-0.39, 0.29) is 5.56 Å². The van der Waals surface area contributed by atoms with E-state index in [1.807, 2.05) is 24.3 Å². The number of aldehydes is 1. The molecule has 0 saturated heterocycles. The Kier molecular flexibility index (Phi) is 3.01. The van der Waals surface area contributed by atoms with Crippen LogP contribution in [0.25, 0.3) is 5.69 Å². The van der Waals surface area contributed by atoms with Crippen molar-refractivity contribution in [2.24, 2.45) is 0 Å². The highest BCUT2D eigenvalue weighted by Gasteiger charge is 2.00. The fraction of sp³-hybridized carbons (Fsp3) is 0. The summed E-state index contributed by atoms with van der Waals surface area (Å²) in [6, 6.07) is 10.3. The van der Waals surface area contributed by atoms with Crippen LogP contribution in [0.3, 0.4) is 0 Å². The van der Waals surface area contributed by atoms with Crippen LogP contribution >= 0.6 is 15.9 Å². The van der Waals surface area contributed by atoms with Crippen molar-refractivity contribution in [1.29, 1.82) is 0 Å². The van der Waals surface area contributed by atoms with E-state index < -0.39 is 0 Å². The van der Waals surface area contributed by atoms with Crippen LogP contribution in [0.15, 0.2) is 51.9 Å². The number of halogens is 1. The molecule has 1 aromatic carbocycles. The van der Waals surface area contributed by atoms with Gasteiger partial charge in [0.2, 0.25) is 0 Å². The lowest BCUT2D eigenvalue weighted by Gasteiger charge is -2.05. The first-order valence-electron chi connectivity index (χ1n) is 4.64. The maximum absolute atomic E-state index is 11.7. The molecule has 1 heterocycles. The van der Waals surface area contributed by atoms with Gasteiger partial charge in [-0.1, -0.05) is 15.9 Å². The Balaban J connectivity index is 2.52. The Morgan fingerprint density at radius 3 is 2.38 bits per heavy atom. The summed E-state index contributed by atoms with van der Waals surface area (Å²) in [7, 11) is 0. The number of nitrogens with zero attached hydrogens (tertiary/aromatic N) is 1. The first-order chi connectivity index (χ1) is 7.70. The van der Waals surface area contributed by atoms with Crippen LogP contribution in [0, 0.1) is 0 Å². The van der Waals surface area contributed by atoms with Gasteiger partial charge in [-0.15, -0.1) is 0 Å². The van der Waals surface area contributed by atoms with Gasteiger partial charge in [-0.05, 0) is 30.3 Å². The monoisotopic (exact) mass is 277 g/mol. The minimum atomic E-state index is -0.216. The molecule has 0 atom stereocenters. The number of benzene rings is 1. The molecule has 3 nitrogen and oxygen atoms in total. The lowest BCUT2D eigenvalue weighted by atomic mass is 10.2. The molecule has 0 fully saturated rings. The van der Waals surface area contributed by atoms with Gasteiger partial charge in [0.1, 0.15) is 6.29 Å². The third kappa shape index (κ3) is 2.12. The van der Waals surface area contributed by atoms with E-state index in [9.17, 15) is 9.59 Å². The van der Waals surface area contributed by atoms with Crippen molar-refractivity contribution < 1.29 is 4.79 Å². The van der Waals surface area contributed by atoms with Crippen molar-refractivity contribution in [1.82, 2.24) is 4.57 Å². The summed E-state index contributed by atoms with van der Waals surface area (Å²) in [4.78, 5) is 22.2. The highest BCUT2D eigenvalue weighted by Crippen LogP contribution is 2.12. The fourth-order valence-electron chi connectivity index (χ4n) is 1.38. The van der Waals surface area contributed by atoms with Crippen molar-refractivity contribution in [2.45, 2.75) is 0 Å². The van der Waals surface area contributed by atoms with Crippen LogP contribution in [-0.4, -0.2) is 10.9 Å². The summed E-state index contributed by atoms with van der Waals surface area (Å²) in [5, 5.41) is 0. The van der Waals surface area contributed by atoms with Gasteiger partial charge in [-0.25, -0.2) is 0 Å². The highest BCUT2D eigenvalue weighted by atomic mass is 79.9. The molecule has 2 rings (SSSR count). The Bertz CT molecular complexity index is 572. The van der Waals surface area contributed by atoms with E-state index in [1.165, 1.54) is 10.6 Å². The SMILES string of the molecule is O=Cc1ccn(-c2ccc(Br)cc2)c(=O)c1. The molecule has 2 aromatic rings. The minimum Gasteiger partial charge on any atom is -0.298 e. The summed E-state index contributed by atoms with van der Waals surface area (Å²) in [6.07, 6.45) is 2.25. The summed E-state index contributed by atoms with van der Waals surface area (Å²) < 4.78 is 2.44. The first kappa shape index (κ1) is 10.8. The Labute approximate surface area is 100 Å². The van der Waals surface area contributed by atoms with Crippen LogP contribution in [0.1, 0.15) is 10.4 Å². The molecule has 0 spiro atoms. The quantitative estimate of drug-likeness (QED) is 0.791. The molecule has 0 bridgehead atoms. The molecule has 16 heavy (non-hydrogen) atoms. The van der Waals surface area contributed by atoms with Gasteiger partial charge >= 0.3 is 0 Å². The molecular weight excluding hydrogens is 270 g/mol. The van der Waals surface area contributed by atoms with Crippen LogP contribution in [0.5, 0.6) is 0 Å². The Hall–Kier alpha value is -1.68. The van der Waals surface area contributed by atoms with Gasteiger partial charge in [-0.3, -0.25) is 14.2 Å². The average molecular weight is 278 g/mol. The van der Waals surface area contributed by atoms with Crippen molar-refractivity contribution in [3.05, 3.63) is 63.0 Å². The second-order valence-corrected chi connectivity index (χ2v) is 4.18. The van der Waals surface area contributed by atoms with E-state index in [1.54, 1.807) is 12.3 Å². The molecule has 0 radical (unpaired) electrons. The summed E-state index contributed by atoms with van der Waals surface area (Å²) in [6.45, 7) is 0. The molecule has 1 aromatic heterocycles. The molecule has 0 saturated carbocycles. The summed E-state index contributed by atoms with van der Waals surface area (Å²) in [5.41, 5.74) is 0.941. The summed E-state index contributed by atoms with van der Waals surface area (Å²) >= 11 is 3.33. The Morgan fingerprint density at radius 2 is 1.81 bits per heavy atom. The lowest BCUT2D eigenvalue weighted by Crippen LogP contribution is -2.16. The fourth-order valence-corrected chi connectivity index (χ4v) is 1.65. The normalized spacial score (nSPS) is 10.1. The number of rotatable bonds is 2. The predicted molar refractivity (Wildman–Crippen MR) is 65.1 cm³/mol. The van der Waals surface area contributed by atoms with Crippen LogP contribution in [0.2, 0.25) is 0 Å². The van der Waals surface area contributed by atoms with E-state index in [2.05, 4.69) is 15.9 Å². The van der Waals surface area contributed by atoms with Crippen LogP contribution in [0.4, 0.5) is 0 Å². The molecule has 0 aliphatic heterocycles. The largest absolute Gasteiger partial charge is 0.298 e. The average Bonchev–Trinajstić information content (AvgIpc) is 2.30. The van der Waals surface area contributed by atoms with E-state index in [0.717, 1.165) is 10.2 Å². The molecule has 0 amide bonds. The number of hydrogen-bond donors (Lipinski definition) is 0. The Morgan fingerprint density at radius 1 is 1.12 bits per heavy atom. The molecule has 0 unspecified atom stereocenters. The van der Waals surface area contributed by atoms with Gasteiger partial charge < -0.3 is 0 Å². The summed E-state index contributed by atoms with van der Waals surface area (Å²) in [5.74, 6) is 0. The van der Waals surface area contributed by atoms with Crippen molar-refractivity contribution >= 4 is 22.2 Å². The van der Waals surface area contributed by atoms with E-state index in [4.69, 9.17) is 0 Å². The maximum atomic E-state index is 11.7. The minimum absolute atomic E-state index is 0.216. The zero-order chi connectivity index (χ0) is 11.5. The van der Waals surface area contributed by atoms with Crippen LogP contribution < -0.4 is 5.56 Å². The topological polar surface area (TPSA) is 39.1 Å². The third-order valence-electron chi connectivity index (χ3n) is 2.18. The van der Waals surface area contributed by atoms with Crippen LogP contribution in [-0.2, 0) is 0 Å². The molecule has 80 valence electrons. The highest BCUT2D eigenvalue weighted by molar-refractivity contribution is 9.10. The predicted octanol–water partition coefficient (Wildman–Crippen LogP) is 2.41. The molecule has 0 N–H and O–H groups in total. The molecule has 0 aliphatic carbocycles. The number of aromatic nitrogens is 1. The maximum Gasteiger partial charge on any atom is 0.255 e. The molecule has 0 aliphatic rings. The first-order valence-corrected chi connectivity index (χ1v) is 5.44. The van der Waals surface area contributed by atoms with Crippen molar-refractivity contribution in [2.75, 3.05) is 0 Å². The van der Waals surface area contributed by atoms with Gasteiger partial charge in [0.05, 0.1) is 0 Å². The van der Waals surface area contributed by atoms with Gasteiger partial charge in [0.25, 0.3) is 5.56 Å². The number of hydrogen-bond acceptors (Lipinski definition) is 2. The van der Waals surface area contributed by atoms with Crippen molar-refractivity contribution in [3.63, 3.8) is 0 Å². The number of carbonyl (C=O) groups excluding carboxylic acids is 1. The zero-order valence-electron chi connectivity index (χ0n) is 8.26. The van der Waals surface area contributed by atoms with E-state index >= 15 is 0 Å². The smallest absolute Gasteiger partial charge is 0.255 e. The second-order valence-electron chi connectivity index (χ2n) is 3.26. The molecule has 4 heteroatoms. The molecular formula is C12H8BrNO2. The number of carbonyl (C=O) groups is 1. The lowest BCUT2D eigenvalue weighted by molar-refractivity contribution is 0.112. The standard InChI is InChI=1S/C12H8BrNO2/c13-10-1-3-11(4-2-10)14-6-5-9(8-15)7-12(14)16/h1-8H. The van der Waals surface area contributed by atoms with Gasteiger partial charge in [-0.2, -0.15) is 0 Å². The number of pyridine rings is 1.